The molecule has 1 N–H and O–H groups in total. The third-order valence-electron chi connectivity index (χ3n) is 6.66. The SMILES string of the molecule is Cc1cccc(C(=O)N2C[C@@H](c3cccc(O)c3)[C@@H]3[C@H]2C2CCN3CC2)n1. The lowest BCUT2D eigenvalue weighted by molar-refractivity contribution is -0.00359. The molecule has 27 heavy (non-hydrogen) atoms. The number of fused-ring (bicyclic) bond motifs is 2. The van der Waals surface area contributed by atoms with Crippen LogP contribution in [0.1, 0.15) is 40.5 Å². The molecule has 1 aromatic heterocycles. The summed E-state index contributed by atoms with van der Waals surface area (Å²) in [5, 5.41) is 9.98. The van der Waals surface area contributed by atoms with E-state index >= 15 is 0 Å². The van der Waals surface area contributed by atoms with E-state index < -0.39 is 0 Å². The van der Waals surface area contributed by atoms with E-state index in [2.05, 4.69) is 20.9 Å². The van der Waals surface area contributed by atoms with E-state index in [4.69, 9.17) is 0 Å². The van der Waals surface area contributed by atoms with Crippen LogP contribution < -0.4 is 0 Å². The smallest absolute Gasteiger partial charge is 0.272 e. The van der Waals surface area contributed by atoms with E-state index in [1.807, 2.05) is 37.3 Å². The molecular weight excluding hydrogens is 338 g/mol. The molecule has 3 atom stereocenters. The number of carbonyl (C=O) groups is 1. The number of phenolic OH excluding ortho intramolecular Hbond substituents is 1. The monoisotopic (exact) mass is 363 g/mol. The Balaban J connectivity index is 1.53. The van der Waals surface area contributed by atoms with Gasteiger partial charge in [-0.15, -0.1) is 0 Å². The van der Waals surface area contributed by atoms with Crippen LogP contribution in [0.5, 0.6) is 5.75 Å². The highest BCUT2D eigenvalue weighted by Gasteiger charge is 2.54. The fourth-order valence-corrected chi connectivity index (χ4v) is 5.51. The van der Waals surface area contributed by atoms with Gasteiger partial charge in [0.25, 0.3) is 5.91 Å². The van der Waals surface area contributed by atoms with Gasteiger partial charge in [0.2, 0.25) is 0 Å². The minimum Gasteiger partial charge on any atom is -0.508 e. The van der Waals surface area contributed by atoms with Gasteiger partial charge in [0.15, 0.2) is 0 Å². The van der Waals surface area contributed by atoms with Gasteiger partial charge in [0.1, 0.15) is 11.4 Å². The summed E-state index contributed by atoms with van der Waals surface area (Å²) >= 11 is 0. The molecular formula is C22H25N3O2. The lowest BCUT2D eigenvalue weighted by Crippen LogP contribution is -2.60. The third-order valence-corrected chi connectivity index (χ3v) is 6.66. The summed E-state index contributed by atoms with van der Waals surface area (Å²) in [6, 6.07) is 13.8. The Bertz CT molecular complexity index is 875. The van der Waals surface area contributed by atoms with Crippen LogP contribution in [-0.2, 0) is 0 Å². The van der Waals surface area contributed by atoms with E-state index in [1.54, 1.807) is 6.07 Å². The Labute approximate surface area is 159 Å². The van der Waals surface area contributed by atoms with Gasteiger partial charge >= 0.3 is 0 Å². The summed E-state index contributed by atoms with van der Waals surface area (Å²) in [5.41, 5.74) is 2.54. The van der Waals surface area contributed by atoms with Gasteiger partial charge in [-0.25, -0.2) is 4.98 Å². The van der Waals surface area contributed by atoms with Gasteiger partial charge in [-0.1, -0.05) is 18.2 Å². The first-order valence-corrected chi connectivity index (χ1v) is 9.89. The molecule has 4 aliphatic rings. The first-order valence-electron chi connectivity index (χ1n) is 9.89. The molecule has 140 valence electrons. The second kappa shape index (κ2) is 6.34. The number of aromatic nitrogens is 1. The molecule has 2 bridgehead atoms. The van der Waals surface area contributed by atoms with Crippen molar-refractivity contribution < 1.29 is 9.90 Å². The number of carbonyl (C=O) groups excluding carboxylic acids is 1. The highest BCUT2D eigenvalue weighted by Crippen LogP contribution is 2.47. The van der Waals surface area contributed by atoms with Gasteiger partial charge in [-0.2, -0.15) is 0 Å². The van der Waals surface area contributed by atoms with E-state index in [-0.39, 0.29) is 17.9 Å². The second-order valence-corrected chi connectivity index (χ2v) is 8.18. The maximum Gasteiger partial charge on any atom is 0.272 e. The largest absolute Gasteiger partial charge is 0.508 e. The summed E-state index contributed by atoms with van der Waals surface area (Å²) in [6.07, 6.45) is 2.33. The number of likely N-dealkylation sites (tertiary alicyclic amines) is 1. The molecule has 2 aromatic rings. The van der Waals surface area contributed by atoms with Crippen LogP contribution in [0.2, 0.25) is 0 Å². The predicted molar refractivity (Wildman–Crippen MR) is 103 cm³/mol. The molecule has 5 heterocycles. The van der Waals surface area contributed by atoms with Crippen molar-refractivity contribution in [2.45, 2.75) is 37.8 Å². The maximum absolute atomic E-state index is 13.4. The van der Waals surface area contributed by atoms with Crippen LogP contribution in [0.3, 0.4) is 0 Å². The standard InChI is InChI=1S/C22H25N3O2/c1-14-4-2-7-19(23-14)22(27)25-13-18(16-5-3-6-17(26)12-16)21-20(25)15-8-10-24(21)11-9-15/h2-7,12,15,18,20-21,26H,8-11,13H2,1H3/t18-,20+,21+/m0/s1. The fourth-order valence-electron chi connectivity index (χ4n) is 5.51. The zero-order valence-corrected chi connectivity index (χ0v) is 15.6. The van der Waals surface area contributed by atoms with Crippen molar-refractivity contribution in [2.24, 2.45) is 5.92 Å². The number of piperidine rings is 3. The molecule has 4 aliphatic heterocycles. The minimum absolute atomic E-state index is 0.0464. The summed E-state index contributed by atoms with van der Waals surface area (Å²) in [5.74, 6) is 1.14. The topological polar surface area (TPSA) is 56.7 Å². The van der Waals surface area contributed by atoms with Crippen molar-refractivity contribution in [2.75, 3.05) is 19.6 Å². The number of aromatic hydroxyl groups is 1. The number of phenols is 1. The van der Waals surface area contributed by atoms with Crippen molar-refractivity contribution >= 4 is 5.91 Å². The number of pyridine rings is 1. The first-order chi connectivity index (χ1) is 13.1. The Morgan fingerprint density at radius 2 is 1.89 bits per heavy atom. The number of amides is 1. The normalized spacial score (nSPS) is 31.7. The first kappa shape index (κ1) is 16.8. The number of hydrogen-bond donors (Lipinski definition) is 1. The van der Waals surface area contributed by atoms with Crippen molar-refractivity contribution in [1.82, 2.24) is 14.8 Å². The van der Waals surface area contributed by atoms with Gasteiger partial charge in [0, 0.05) is 24.2 Å². The molecule has 4 fully saturated rings. The maximum atomic E-state index is 13.4. The molecule has 1 amide bonds. The molecule has 6 rings (SSSR count). The zero-order chi connectivity index (χ0) is 18.5. The Kier molecular flexibility index (Phi) is 3.93. The second-order valence-electron chi connectivity index (χ2n) is 8.18. The van der Waals surface area contributed by atoms with Crippen LogP contribution in [-0.4, -0.2) is 57.5 Å². The molecule has 5 heteroatoms. The van der Waals surface area contributed by atoms with E-state index in [1.165, 1.54) is 12.8 Å². The van der Waals surface area contributed by atoms with Gasteiger partial charge in [0.05, 0.1) is 6.04 Å². The number of hydrogen-bond acceptors (Lipinski definition) is 4. The van der Waals surface area contributed by atoms with E-state index in [0.717, 1.165) is 24.3 Å². The average Bonchev–Trinajstić information content (AvgIpc) is 3.11. The third kappa shape index (κ3) is 2.72. The zero-order valence-electron chi connectivity index (χ0n) is 15.6. The lowest BCUT2D eigenvalue weighted by atomic mass is 9.75. The van der Waals surface area contributed by atoms with Crippen molar-refractivity contribution in [3.8, 4) is 5.75 Å². The highest BCUT2D eigenvalue weighted by atomic mass is 16.3. The van der Waals surface area contributed by atoms with Crippen LogP contribution in [0.4, 0.5) is 0 Å². The van der Waals surface area contributed by atoms with Crippen LogP contribution >= 0.6 is 0 Å². The predicted octanol–water partition coefficient (Wildman–Crippen LogP) is 2.80. The van der Waals surface area contributed by atoms with Crippen molar-refractivity contribution in [3.63, 3.8) is 0 Å². The molecule has 0 radical (unpaired) electrons. The summed E-state index contributed by atoms with van der Waals surface area (Å²) < 4.78 is 0. The molecule has 4 saturated heterocycles. The summed E-state index contributed by atoms with van der Waals surface area (Å²) in [6.45, 7) is 4.85. The summed E-state index contributed by atoms with van der Waals surface area (Å²) in [7, 11) is 0. The lowest BCUT2D eigenvalue weighted by Gasteiger charge is -2.51. The molecule has 0 spiro atoms. The molecule has 0 aliphatic carbocycles. The average molecular weight is 363 g/mol. The number of aryl methyl sites for hydroxylation is 1. The van der Waals surface area contributed by atoms with Crippen LogP contribution in [0, 0.1) is 12.8 Å². The molecule has 0 unspecified atom stereocenters. The van der Waals surface area contributed by atoms with E-state index in [9.17, 15) is 9.90 Å². The van der Waals surface area contributed by atoms with Crippen molar-refractivity contribution in [3.05, 3.63) is 59.4 Å². The number of benzene rings is 1. The molecule has 1 aromatic carbocycles. The quantitative estimate of drug-likeness (QED) is 0.891. The van der Waals surface area contributed by atoms with Crippen LogP contribution in [0.15, 0.2) is 42.5 Å². The number of rotatable bonds is 2. The fraction of sp³-hybridized carbons (Fsp3) is 0.455. The van der Waals surface area contributed by atoms with Gasteiger partial charge in [-0.05, 0) is 68.6 Å². The Morgan fingerprint density at radius 3 is 2.63 bits per heavy atom. The van der Waals surface area contributed by atoms with Gasteiger partial charge < -0.3 is 10.0 Å². The van der Waals surface area contributed by atoms with E-state index in [0.29, 0.717) is 29.9 Å². The highest BCUT2D eigenvalue weighted by molar-refractivity contribution is 5.93. The summed E-state index contributed by atoms with van der Waals surface area (Å²) in [4.78, 5) is 22.5. The number of nitrogens with zero attached hydrogens (tertiary/aromatic N) is 3. The Hall–Kier alpha value is -2.40. The minimum atomic E-state index is 0.0464. The Morgan fingerprint density at radius 1 is 1.11 bits per heavy atom. The van der Waals surface area contributed by atoms with Crippen molar-refractivity contribution in [1.29, 1.82) is 0 Å². The van der Waals surface area contributed by atoms with Crippen LogP contribution in [0.25, 0.3) is 0 Å². The molecule has 0 saturated carbocycles. The van der Waals surface area contributed by atoms with Gasteiger partial charge in [-0.3, -0.25) is 9.69 Å². The molecule has 5 nitrogen and oxygen atoms in total.